The summed E-state index contributed by atoms with van der Waals surface area (Å²) in [4.78, 5) is 9.45. The molecule has 2 N–H and O–H groups in total. The van der Waals surface area contributed by atoms with Gasteiger partial charge in [0.05, 0.1) is 0 Å². The summed E-state index contributed by atoms with van der Waals surface area (Å²) in [5.74, 6) is -0.234. The van der Waals surface area contributed by atoms with Gasteiger partial charge in [0.1, 0.15) is 5.82 Å². The lowest BCUT2D eigenvalue weighted by atomic mass is 10.1. The number of hydrogen-bond acceptors (Lipinski definition) is 4. The van der Waals surface area contributed by atoms with Crippen LogP contribution in [0.3, 0.4) is 0 Å². The maximum absolute atomic E-state index is 13.6. The Labute approximate surface area is 116 Å². The van der Waals surface area contributed by atoms with Gasteiger partial charge in [-0.3, -0.25) is 0 Å². The van der Waals surface area contributed by atoms with Crippen molar-refractivity contribution in [1.82, 2.24) is 9.97 Å². The number of nitrogens with zero attached hydrogens (tertiary/aromatic N) is 2. The van der Waals surface area contributed by atoms with Crippen molar-refractivity contribution in [3.8, 4) is 0 Å². The molecule has 1 aromatic heterocycles. The quantitative estimate of drug-likeness (QED) is 0.874. The molecule has 0 radical (unpaired) electrons. The predicted molar refractivity (Wildman–Crippen MR) is 74.6 cm³/mol. The van der Waals surface area contributed by atoms with Crippen molar-refractivity contribution in [2.24, 2.45) is 5.73 Å². The van der Waals surface area contributed by atoms with Gasteiger partial charge in [0.25, 0.3) is 0 Å². The maximum atomic E-state index is 13.6. The van der Waals surface area contributed by atoms with Gasteiger partial charge in [-0.15, -0.1) is 0 Å². The number of nitrogens with two attached hydrogens (primary N) is 1. The van der Waals surface area contributed by atoms with E-state index in [9.17, 15) is 4.39 Å². The second kappa shape index (κ2) is 5.67. The Hall–Kier alpha value is -1.46. The van der Waals surface area contributed by atoms with Crippen molar-refractivity contribution in [1.29, 1.82) is 0 Å². The minimum atomic E-state index is -0.234. The van der Waals surface area contributed by atoms with Crippen LogP contribution in [0, 0.1) is 19.7 Å². The molecule has 0 unspecified atom stereocenters. The largest absolute Gasteiger partial charge is 0.324 e. The summed E-state index contributed by atoms with van der Waals surface area (Å²) in [6.45, 7) is 5.49. The number of hydrogen-bond donors (Lipinski definition) is 1. The molecule has 0 aliphatic heterocycles. The number of halogens is 1. The highest BCUT2D eigenvalue weighted by Crippen LogP contribution is 2.32. The first kappa shape index (κ1) is 14.0. The zero-order valence-electron chi connectivity index (χ0n) is 11.1. The topological polar surface area (TPSA) is 51.8 Å². The van der Waals surface area contributed by atoms with Gasteiger partial charge in [-0.2, -0.15) is 0 Å². The van der Waals surface area contributed by atoms with Crippen molar-refractivity contribution >= 4 is 11.8 Å². The molecular formula is C14H16FN3S. The minimum absolute atomic E-state index is 0.234. The van der Waals surface area contributed by atoms with Gasteiger partial charge in [-0.1, -0.05) is 0 Å². The van der Waals surface area contributed by atoms with E-state index < -0.39 is 0 Å². The highest BCUT2D eigenvalue weighted by atomic mass is 32.2. The second-order valence-electron chi connectivity index (χ2n) is 4.51. The van der Waals surface area contributed by atoms with Crippen LogP contribution in [0.25, 0.3) is 0 Å². The van der Waals surface area contributed by atoms with E-state index in [4.69, 9.17) is 5.73 Å². The highest BCUT2D eigenvalue weighted by Gasteiger charge is 2.13. The molecule has 19 heavy (non-hydrogen) atoms. The monoisotopic (exact) mass is 277 g/mol. The summed E-state index contributed by atoms with van der Waals surface area (Å²) in [5, 5.41) is 0.646. The van der Waals surface area contributed by atoms with Crippen LogP contribution in [0.15, 0.2) is 34.4 Å². The Morgan fingerprint density at radius 2 is 2.05 bits per heavy atom. The average Bonchev–Trinajstić information content (AvgIpc) is 2.33. The summed E-state index contributed by atoms with van der Waals surface area (Å²) < 4.78 is 13.6. The number of aryl methyl sites for hydroxylation is 2. The molecule has 0 saturated heterocycles. The summed E-state index contributed by atoms with van der Waals surface area (Å²) in [7, 11) is 0. The van der Waals surface area contributed by atoms with Crippen molar-refractivity contribution in [3.05, 3.63) is 47.0 Å². The molecule has 1 aromatic carbocycles. The average molecular weight is 277 g/mol. The van der Waals surface area contributed by atoms with Crippen molar-refractivity contribution in [2.75, 3.05) is 0 Å². The van der Waals surface area contributed by atoms with Crippen molar-refractivity contribution in [2.45, 2.75) is 36.9 Å². The lowest BCUT2D eigenvalue weighted by Gasteiger charge is -2.13. The summed E-state index contributed by atoms with van der Waals surface area (Å²) in [5.41, 5.74) is 8.17. The van der Waals surface area contributed by atoms with E-state index >= 15 is 0 Å². The fraction of sp³-hybridized carbons (Fsp3) is 0.286. The van der Waals surface area contributed by atoms with E-state index in [0.717, 1.165) is 16.2 Å². The summed E-state index contributed by atoms with van der Waals surface area (Å²) in [6.07, 6.45) is 1.71. The van der Waals surface area contributed by atoms with Gasteiger partial charge < -0.3 is 5.73 Å². The Kier molecular flexibility index (Phi) is 4.17. The summed E-state index contributed by atoms with van der Waals surface area (Å²) in [6, 6.07) is 4.90. The van der Waals surface area contributed by atoms with Gasteiger partial charge in [-0.05, 0) is 61.9 Å². The minimum Gasteiger partial charge on any atom is -0.324 e. The van der Waals surface area contributed by atoms with Crippen LogP contribution in [0.2, 0.25) is 0 Å². The maximum Gasteiger partial charge on any atom is 0.192 e. The Morgan fingerprint density at radius 1 is 1.32 bits per heavy atom. The molecule has 2 rings (SSSR count). The molecular weight excluding hydrogens is 261 g/mol. The molecule has 5 heteroatoms. The van der Waals surface area contributed by atoms with Gasteiger partial charge >= 0.3 is 0 Å². The Bertz CT molecular complexity index is 599. The third kappa shape index (κ3) is 3.30. The van der Waals surface area contributed by atoms with Crippen LogP contribution in [0.4, 0.5) is 4.39 Å². The normalized spacial score (nSPS) is 12.5. The number of benzene rings is 1. The van der Waals surface area contributed by atoms with Gasteiger partial charge in [0, 0.05) is 22.8 Å². The van der Waals surface area contributed by atoms with Crippen LogP contribution < -0.4 is 5.73 Å². The van der Waals surface area contributed by atoms with Crippen LogP contribution in [-0.2, 0) is 0 Å². The van der Waals surface area contributed by atoms with E-state index in [1.54, 1.807) is 19.2 Å². The smallest absolute Gasteiger partial charge is 0.192 e. The summed E-state index contributed by atoms with van der Waals surface area (Å²) >= 11 is 1.41. The van der Waals surface area contributed by atoms with Crippen molar-refractivity contribution in [3.63, 3.8) is 0 Å². The van der Waals surface area contributed by atoms with E-state index in [1.165, 1.54) is 17.8 Å². The first-order valence-electron chi connectivity index (χ1n) is 6.00. The fourth-order valence-electron chi connectivity index (χ4n) is 1.69. The van der Waals surface area contributed by atoms with Crippen LogP contribution in [0.1, 0.15) is 29.8 Å². The predicted octanol–water partition coefficient (Wildman–Crippen LogP) is 3.40. The molecule has 0 amide bonds. The Balaban J connectivity index is 2.41. The fourth-order valence-corrected chi connectivity index (χ4v) is 2.79. The van der Waals surface area contributed by atoms with Gasteiger partial charge in [0.15, 0.2) is 5.16 Å². The molecule has 1 atom stereocenters. The van der Waals surface area contributed by atoms with Crippen LogP contribution in [-0.4, -0.2) is 9.97 Å². The van der Waals surface area contributed by atoms with Crippen LogP contribution >= 0.6 is 11.8 Å². The molecule has 0 spiro atoms. The van der Waals surface area contributed by atoms with E-state index in [0.29, 0.717) is 10.7 Å². The van der Waals surface area contributed by atoms with Crippen molar-refractivity contribution < 1.29 is 4.39 Å². The zero-order valence-corrected chi connectivity index (χ0v) is 12.0. The van der Waals surface area contributed by atoms with Crippen LogP contribution in [0.5, 0.6) is 0 Å². The number of aromatic nitrogens is 2. The molecule has 0 saturated carbocycles. The molecule has 2 aromatic rings. The molecule has 0 aliphatic carbocycles. The molecule has 0 fully saturated rings. The third-order valence-electron chi connectivity index (χ3n) is 2.76. The first-order chi connectivity index (χ1) is 8.97. The highest BCUT2D eigenvalue weighted by molar-refractivity contribution is 7.99. The van der Waals surface area contributed by atoms with E-state index in [2.05, 4.69) is 9.97 Å². The molecule has 3 nitrogen and oxygen atoms in total. The van der Waals surface area contributed by atoms with Gasteiger partial charge in [0.2, 0.25) is 0 Å². The number of rotatable bonds is 3. The molecule has 0 bridgehead atoms. The van der Waals surface area contributed by atoms with E-state index in [-0.39, 0.29) is 11.9 Å². The van der Waals surface area contributed by atoms with E-state index in [1.807, 2.05) is 19.9 Å². The van der Waals surface area contributed by atoms with Gasteiger partial charge in [-0.25, -0.2) is 14.4 Å². The standard InChI is InChI=1S/C14H16FN3S/c1-8-6-13(11(10(3)16)7-12(8)15)19-14-17-5-4-9(2)18-14/h4-7,10H,16H2,1-3H3/t10-/m0/s1. The molecule has 1 heterocycles. The first-order valence-corrected chi connectivity index (χ1v) is 6.82. The Morgan fingerprint density at radius 3 is 2.68 bits per heavy atom. The second-order valence-corrected chi connectivity index (χ2v) is 5.52. The SMILES string of the molecule is Cc1ccnc(Sc2cc(C)c(F)cc2[C@H](C)N)n1. The molecule has 100 valence electrons. The lowest BCUT2D eigenvalue weighted by molar-refractivity contribution is 0.610. The zero-order chi connectivity index (χ0) is 14.0. The lowest BCUT2D eigenvalue weighted by Crippen LogP contribution is -2.07. The molecule has 0 aliphatic rings. The third-order valence-corrected chi connectivity index (χ3v) is 3.71.